The fraction of sp³-hybridized carbons (Fsp3) is 0.538. The quantitative estimate of drug-likeness (QED) is 0.800. The largest absolute Gasteiger partial charge is 0.398 e. The summed E-state index contributed by atoms with van der Waals surface area (Å²) < 4.78 is 0. The number of anilines is 2. The first-order valence-corrected chi connectivity index (χ1v) is 6.30. The van der Waals surface area contributed by atoms with Crippen molar-refractivity contribution in [2.24, 2.45) is 5.92 Å². The average molecular weight is 239 g/mol. The van der Waals surface area contributed by atoms with Gasteiger partial charge >= 0.3 is 0 Å². The van der Waals surface area contributed by atoms with Crippen LogP contribution in [0.4, 0.5) is 11.4 Å². The van der Waals surface area contributed by atoms with E-state index in [4.69, 9.17) is 17.3 Å². The number of hydrogen-bond donors (Lipinski definition) is 1. The Bertz CT molecular complexity index is 390. The molecule has 0 aliphatic carbocycles. The molecule has 0 amide bonds. The third-order valence-corrected chi connectivity index (χ3v) is 3.85. The normalized spacial score (nSPS) is 20.4. The maximum atomic E-state index is 6.08. The molecule has 1 aliphatic heterocycles. The third-order valence-electron chi connectivity index (χ3n) is 3.52. The van der Waals surface area contributed by atoms with Crippen LogP contribution >= 0.6 is 11.6 Å². The zero-order chi connectivity index (χ0) is 11.7. The molecule has 0 aromatic heterocycles. The molecule has 3 heteroatoms. The van der Waals surface area contributed by atoms with Crippen molar-refractivity contribution in [3.8, 4) is 0 Å². The van der Waals surface area contributed by atoms with Crippen LogP contribution in [0.3, 0.4) is 0 Å². The average Bonchev–Trinajstić information content (AvgIpc) is 2.71. The van der Waals surface area contributed by atoms with E-state index >= 15 is 0 Å². The summed E-state index contributed by atoms with van der Waals surface area (Å²) in [5.74, 6) is 0.829. The molecule has 0 spiro atoms. The van der Waals surface area contributed by atoms with Crippen LogP contribution in [-0.2, 0) is 0 Å². The highest BCUT2D eigenvalue weighted by atomic mass is 35.5. The molecule has 2 rings (SSSR count). The van der Waals surface area contributed by atoms with Crippen LogP contribution in [0.1, 0.15) is 25.3 Å². The van der Waals surface area contributed by atoms with Crippen molar-refractivity contribution >= 4 is 23.0 Å². The molecule has 1 aromatic rings. The van der Waals surface area contributed by atoms with Crippen LogP contribution in [0.5, 0.6) is 0 Å². The van der Waals surface area contributed by atoms with Crippen LogP contribution in [-0.4, -0.2) is 13.1 Å². The Morgan fingerprint density at radius 1 is 1.50 bits per heavy atom. The monoisotopic (exact) mass is 238 g/mol. The minimum Gasteiger partial charge on any atom is -0.398 e. The Balaban J connectivity index is 2.24. The first-order valence-electron chi connectivity index (χ1n) is 5.92. The second-order valence-electron chi connectivity index (χ2n) is 4.67. The Labute approximate surface area is 102 Å². The van der Waals surface area contributed by atoms with Gasteiger partial charge in [-0.15, -0.1) is 0 Å². The molecule has 1 heterocycles. The van der Waals surface area contributed by atoms with E-state index in [-0.39, 0.29) is 0 Å². The highest BCUT2D eigenvalue weighted by Gasteiger charge is 2.22. The number of nitrogen functional groups attached to an aromatic ring is 1. The van der Waals surface area contributed by atoms with Crippen molar-refractivity contribution in [2.75, 3.05) is 23.7 Å². The van der Waals surface area contributed by atoms with Gasteiger partial charge in [0.15, 0.2) is 0 Å². The minimum atomic E-state index is 0.667. The molecular weight excluding hydrogens is 220 g/mol. The summed E-state index contributed by atoms with van der Waals surface area (Å²) in [5.41, 5.74) is 8.93. The summed E-state index contributed by atoms with van der Waals surface area (Å²) >= 11 is 6.08. The van der Waals surface area contributed by atoms with Crippen LogP contribution in [0.15, 0.2) is 12.1 Å². The topological polar surface area (TPSA) is 29.3 Å². The Morgan fingerprint density at radius 2 is 2.25 bits per heavy atom. The van der Waals surface area contributed by atoms with Gasteiger partial charge in [-0.25, -0.2) is 0 Å². The molecule has 1 saturated heterocycles. The van der Waals surface area contributed by atoms with Crippen LogP contribution in [0, 0.1) is 12.8 Å². The number of halogens is 1. The second kappa shape index (κ2) is 4.54. The SMILES string of the molecule is CCC1CCN(c2cc(Cl)c(N)cc2C)C1. The molecule has 2 N–H and O–H groups in total. The number of aryl methyl sites for hydroxylation is 1. The van der Waals surface area contributed by atoms with Gasteiger partial charge in [-0.3, -0.25) is 0 Å². The lowest BCUT2D eigenvalue weighted by atomic mass is 10.1. The fourth-order valence-electron chi connectivity index (χ4n) is 2.42. The number of nitrogens with two attached hydrogens (primary N) is 1. The molecule has 0 saturated carbocycles. The van der Waals surface area contributed by atoms with Gasteiger partial charge in [0.05, 0.1) is 10.7 Å². The van der Waals surface area contributed by atoms with Crippen molar-refractivity contribution in [2.45, 2.75) is 26.7 Å². The summed E-state index contributed by atoms with van der Waals surface area (Å²) in [4.78, 5) is 2.43. The first kappa shape index (κ1) is 11.6. The minimum absolute atomic E-state index is 0.667. The van der Waals surface area contributed by atoms with Crippen LogP contribution < -0.4 is 10.6 Å². The summed E-state index contributed by atoms with van der Waals surface area (Å²) in [5, 5.41) is 0.667. The van der Waals surface area contributed by atoms with E-state index in [1.807, 2.05) is 12.1 Å². The molecule has 88 valence electrons. The maximum absolute atomic E-state index is 6.08. The van der Waals surface area contributed by atoms with Gasteiger partial charge in [-0.1, -0.05) is 24.9 Å². The Morgan fingerprint density at radius 3 is 2.88 bits per heavy atom. The zero-order valence-corrected chi connectivity index (χ0v) is 10.7. The third kappa shape index (κ3) is 2.12. The number of benzene rings is 1. The fourth-order valence-corrected chi connectivity index (χ4v) is 2.58. The predicted octanol–water partition coefficient (Wildman–Crippen LogP) is 3.47. The molecular formula is C13H19ClN2. The van der Waals surface area contributed by atoms with Crippen molar-refractivity contribution in [3.63, 3.8) is 0 Å². The van der Waals surface area contributed by atoms with Gasteiger partial charge in [0.25, 0.3) is 0 Å². The molecule has 0 bridgehead atoms. The summed E-state index contributed by atoms with van der Waals surface area (Å²) in [7, 11) is 0. The molecule has 2 nitrogen and oxygen atoms in total. The van der Waals surface area contributed by atoms with Gasteiger partial charge in [0, 0.05) is 18.8 Å². The molecule has 1 unspecified atom stereocenters. The predicted molar refractivity (Wildman–Crippen MR) is 71.2 cm³/mol. The maximum Gasteiger partial charge on any atom is 0.0656 e. The van der Waals surface area contributed by atoms with E-state index in [2.05, 4.69) is 18.7 Å². The molecule has 1 aliphatic rings. The highest BCUT2D eigenvalue weighted by molar-refractivity contribution is 6.33. The molecule has 1 fully saturated rings. The summed E-state index contributed by atoms with van der Waals surface area (Å²) in [6, 6.07) is 3.97. The van der Waals surface area contributed by atoms with E-state index in [0.717, 1.165) is 19.0 Å². The van der Waals surface area contributed by atoms with Crippen LogP contribution in [0.25, 0.3) is 0 Å². The first-order chi connectivity index (χ1) is 7.61. The van der Waals surface area contributed by atoms with E-state index < -0.39 is 0 Å². The molecule has 0 radical (unpaired) electrons. The van der Waals surface area contributed by atoms with Gasteiger partial charge in [-0.2, -0.15) is 0 Å². The van der Waals surface area contributed by atoms with Gasteiger partial charge in [-0.05, 0) is 37.0 Å². The Kier molecular flexibility index (Phi) is 3.29. The lowest BCUT2D eigenvalue weighted by Gasteiger charge is -2.21. The van der Waals surface area contributed by atoms with E-state index in [0.29, 0.717) is 10.7 Å². The second-order valence-corrected chi connectivity index (χ2v) is 5.08. The van der Waals surface area contributed by atoms with Crippen molar-refractivity contribution in [1.82, 2.24) is 0 Å². The summed E-state index contributed by atoms with van der Waals surface area (Å²) in [6.45, 7) is 6.65. The highest BCUT2D eigenvalue weighted by Crippen LogP contribution is 2.33. The molecule has 1 aromatic carbocycles. The lowest BCUT2D eigenvalue weighted by molar-refractivity contribution is 0.569. The van der Waals surface area contributed by atoms with Crippen molar-refractivity contribution in [3.05, 3.63) is 22.7 Å². The number of nitrogens with zero attached hydrogens (tertiary/aromatic N) is 1. The zero-order valence-electron chi connectivity index (χ0n) is 9.96. The van der Waals surface area contributed by atoms with Crippen molar-refractivity contribution in [1.29, 1.82) is 0 Å². The van der Waals surface area contributed by atoms with E-state index in [1.54, 1.807) is 0 Å². The number of hydrogen-bond acceptors (Lipinski definition) is 2. The lowest BCUT2D eigenvalue weighted by Crippen LogP contribution is -2.20. The van der Waals surface area contributed by atoms with Crippen LogP contribution in [0.2, 0.25) is 5.02 Å². The Hall–Kier alpha value is -0.890. The molecule has 16 heavy (non-hydrogen) atoms. The number of rotatable bonds is 2. The van der Waals surface area contributed by atoms with E-state index in [9.17, 15) is 0 Å². The summed E-state index contributed by atoms with van der Waals surface area (Å²) in [6.07, 6.45) is 2.55. The van der Waals surface area contributed by atoms with E-state index in [1.165, 1.54) is 24.1 Å². The molecule has 1 atom stereocenters. The van der Waals surface area contributed by atoms with Gasteiger partial charge in [0.2, 0.25) is 0 Å². The van der Waals surface area contributed by atoms with Gasteiger partial charge in [0.1, 0.15) is 0 Å². The standard InChI is InChI=1S/C13H19ClN2/c1-3-10-4-5-16(8-10)13-7-11(14)12(15)6-9(13)2/h6-7,10H,3-5,8,15H2,1-2H3. The smallest absolute Gasteiger partial charge is 0.0656 e. The van der Waals surface area contributed by atoms with Crippen molar-refractivity contribution < 1.29 is 0 Å². The van der Waals surface area contributed by atoms with Gasteiger partial charge < -0.3 is 10.6 Å².